The molecular weight excluding hydrogens is 274 g/mol. The molecule has 0 saturated carbocycles. The van der Waals surface area contributed by atoms with Gasteiger partial charge < -0.3 is 9.64 Å². The molecule has 5 nitrogen and oxygen atoms in total. The molecule has 0 radical (unpaired) electrons. The molecule has 0 spiro atoms. The summed E-state index contributed by atoms with van der Waals surface area (Å²) in [5, 5.41) is 11.7. The van der Waals surface area contributed by atoms with Gasteiger partial charge >= 0.3 is 0 Å². The van der Waals surface area contributed by atoms with Gasteiger partial charge in [-0.2, -0.15) is 16.4 Å². The molecule has 0 N–H and O–H groups in total. The van der Waals surface area contributed by atoms with Crippen molar-refractivity contribution < 1.29 is 9.53 Å². The lowest BCUT2D eigenvalue weighted by atomic mass is 10.2. The number of hydrogen-bond donors (Lipinski definition) is 0. The molecule has 1 amide bonds. The van der Waals surface area contributed by atoms with Crippen LogP contribution in [0.15, 0.2) is 35.2 Å². The number of rotatable bonds is 4. The zero-order valence-corrected chi connectivity index (χ0v) is 11.8. The molecule has 2 aromatic heterocycles. The van der Waals surface area contributed by atoms with Gasteiger partial charge in [0.2, 0.25) is 11.8 Å². The van der Waals surface area contributed by atoms with Gasteiger partial charge in [-0.25, -0.2) is 0 Å². The first kappa shape index (κ1) is 13.1. The molecule has 1 atom stereocenters. The second-order valence-corrected chi connectivity index (χ2v) is 5.52. The van der Waals surface area contributed by atoms with Crippen LogP contribution in [0.25, 0.3) is 0 Å². The van der Waals surface area contributed by atoms with Crippen molar-refractivity contribution in [2.24, 2.45) is 0 Å². The third kappa shape index (κ3) is 3.14. The van der Waals surface area contributed by atoms with E-state index in [4.69, 9.17) is 4.74 Å². The third-order valence-electron chi connectivity index (χ3n) is 3.27. The normalized spacial score (nSPS) is 18.2. The molecule has 3 heterocycles. The van der Waals surface area contributed by atoms with Gasteiger partial charge in [0.25, 0.3) is 0 Å². The first-order valence-electron chi connectivity index (χ1n) is 6.54. The minimum Gasteiger partial charge on any atom is -0.471 e. The second-order valence-electron chi connectivity index (χ2n) is 4.74. The highest BCUT2D eigenvalue weighted by Gasteiger charge is 2.27. The van der Waals surface area contributed by atoms with Crippen LogP contribution in [0.3, 0.4) is 0 Å². The molecule has 0 bridgehead atoms. The molecule has 0 aromatic carbocycles. The van der Waals surface area contributed by atoms with Crippen molar-refractivity contribution in [3.8, 4) is 5.88 Å². The minimum atomic E-state index is 0.0122. The monoisotopic (exact) mass is 289 g/mol. The summed E-state index contributed by atoms with van der Waals surface area (Å²) in [5.74, 6) is 0.679. The van der Waals surface area contributed by atoms with Crippen molar-refractivity contribution in [2.45, 2.75) is 18.9 Å². The summed E-state index contributed by atoms with van der Waals surface area (Å²) in [5.41, 5.74) is 1.08. The van der Waals surface area contributed by atoms with E-state index < -0.39 is 0 Å². The predicted molar refractivity (Wildman–Crippen MR) is 75.7 cm³/mol. The van der Waals surface area contributed by atoms with E-state index in [0.29, 0.717) is 18.8 Å². The number of hydrogen-bond acceptors (Lipinski definition) is 5. The first-order chi connectivity index (χ1) is 9.81. The van der Waals surface area contributed by atoms with Crippen LogP contribution in [0, 0.1) is 0 Å². The van der Waals surface area contributed by atoms with Crippen molar-refractivity contribution in [1.29, 1.82) is 0 Å². The zero-order chi connectivity index (χ0) is 13.8. The second kappa shape index (κ2) is 6.00. The highest BCUT2D eigenvalue weighted by molar-refractivity contribution is 7.07. The quantitative estimate of drug-likeness (QED) is 0.860. The van der Waals surface area contributed by atoms with Gasteiger partial charge in [-0.3, -0.25) is 4.79 Å². The van der Waals surface area contributed by atoms with E-state index in [1.807, 2.05) is 21.7 Å². The molecule has 0 aliphatic carbocycles. The summed E-state index contributed by atoms with van der Waals surface area (Å²) in [6, 6.07) is 5.56. The number of carbonyl (C=O) groups excluding carboxylic acids is 1. The van der Waals surface area contributed by atoms with Crippen LogP contribution in [0.1, 0.15) is 12.0 Å². The lowest BCUT2D eigenvalue weighted by Gasteiger charge is -2.16. The molecule has 6 heteroatoms. The van der Waals surface area contributed by atoms with E-state index in [1.165, 1.54) is 0 Å². The SMILES string of the molecule is O=C(Cc1ccsc1)N1CCC(Oc2cccnn2)C1. The average Bonchev–Trinajstić information content (AvgIpc) is 3.11. The molecule has 3 rings (SSSR count). The van der Waals surface area contributed by atoms with Crippen LogP contribution < -0.4 is 4.74 Å². The Morgan fingerprint density at radius 3 is 3.20 bits per heavy atom. The van der Waals surface area contributed by atoms with E-state index >= 15 is 0 Å². The number of aromatic nitrogens is 2. The highest BCUT2D eigenvalue weighted by Crippen LogP contribution is 2.17. The summed E-state index contributed by atoms with van der Waals surface area (Å²) in [6.45, 7) is 1.37. The minimum absolute atomic E-state index is 0.0122. The maximum absolute atomic E-state index is 12.2. The van der Waals surface area contributed by atoms with E-state index in [0.717, 1.165) is 18.5 Å². The lowest BCUT2D eigenvalue weighted by molar-refractivity contribution is -0.129. The van der Waals surface area contributed by atoms with Gasteiger partial charge in [0.1, 0.15) is 6.10 Å². The molecule has 1 aliphatic heterocycles. The van der Waals surface area contributed by atoms with E-state index in [9.17, 15) is 4.79 Å². The van der Waals surface area contributed by atoms with Gasteiger partial charge in [-0.1, -0.05) is 0 Å². The van der Waals surface area contributed by atoms with Gasteiger partial charge in [-0.15, -0.1) is 5.10 Å². The number of amides is 1. The Morgan fingerprint density at radius 2 is 2.45 bits per heavy atom. The van der Waals surface area contributed by atoms with E-state index in [-0.39, 0.29) is 12.0 Å². The van der Waals surface area contributed by atoms with Crippen molar-refractivity contribution >= 4 is 17.2 Å². The Kier molecular flexibility index (Phi) is 3.92. The fourth-order valence-electron chi connectivity index (χ4n) is 2.25. The molecule has 1 unspecified atom stereocenters. The zero-order valence-electron chi connectivity index (χ0n) is 10.9. The first-order valence-corrected chi connectivity index (χ1v) is 7.49. The van der Waals surface area contributed by atoms with Crippen molar-refractivity contribution in [2.75, 3.05) is 13.1 Å². The highest BCUT2D eigenvalue weighted by atomic mass is 32.1. The Balaban J connectivity index is 1.53. The standard InChI is InChI=1S/C14H15N3O2S/c18-14(8-11-4-7-20-10-11)17-6-3-12(9-17)19-13-2-1-5-15-16-13/h1-2,4-5,7,10,12H,3,6,8-9H2. The summed E-state index contributed by atoms with van der Waals surface area (Å²) in [7, 11) is 0. The summed E-state index contributed by atoms with van der Waals surface area (Å²) in [6.07, 6.45) is 2.93. The van der Waals surface area contributed by atoms with Crippen LogP contribution in [0.4, 0.5) is 0 Å². The van der Waals surface area contributed by atoms with E-state index in [1.54, 1.807) is 29.7 Å². The number of ether oxygens (including phenoxy) is 1. The fourth-order valence-corrected chi connectivity index (χ4v) is 2.92. The van der Waals surface area contributed by atoms with Crippen LogP contribution >= 0.6 is 11.3 Å². The Hall–Kier alpha value is -1.95. The fraction of sp³-hybridized carbons (Fsp3) is 0.357. The maximum atomic E-state index is 12.2. The number of thiophene rings is 1. The van der Waals surface area contributed by atoms with Crippen molar-refractivity contribution in [1.82, 2.24) is 15.1 Å². The molecule has 1 saturated heterocycles. The molecule has 1 aliphatic rings. The topological polar surface area (TPSA) is 55.3 Å². The molecule has 20 heavy (non-hydrogen) atoms. The van der Waals surface area contributed by atoms with Gasteiger partial charge in [0.15, 0.2) is 0 Å². The Labute approximate surface area is 121 Å². The van der Waals surface area contributed by atoms with Gasteiger partial charge in [0.05, 0.1) is 13.0 Å². The summed E-state index contributed by atoms with van der Waals surface area (Å²) < 4.78 is 5.73. The summed E-state index contributed by atoms with van der Waals surface area (Å²) >= 11 is 1.62. The van der Waals surface area contributed by atoms with Crippen molar-refractivity contribution in [3.63, 3.8) is 0 Å². The van der Waals surface area contributed by atoms with Crippen LogP contribution in [-0.2, 0) is 11.2 Å². The van der Waals surface area contributed by atoms with Crippen LogP contribution in [-0.4, -0.2) is 40.2 Å². The number of nitrogens with zero attached hydrogens (tertiary/aromatic N) is 3. The Morgan fingerprint density at radius 1 is 1.50 bits per heavy atom. The third-order valence-corrected chi connectivity index (χ3v) is 4.00. The lowest BCUT2D eigenvalue weighted by Crippen LogP contribution is -2.32. The van der Waals surface area contributed by atoms with Gasteiger partial charge in [-0.05, 0) is 28.5 Å². The number of likely N-dealkylation sites (tertiary alicyclic amines) is 1. The van der Waals surface area contributed by atoms with E-state index in [2.05, 4.69) is 10.2 Å². The molecule has 1 fully saturated rings. The largest absolute Gasteiger partial charge is 0.471 e. The Bertz CT molecular complexity index is 559. The molecule has 2 aromatic rings. The van der Waals surface area contributed by atoms with Crippen molar-refractivity contribution in [3.05, 3.63) is 40.7 Å². The van der Waals surface area contributed by atoms with Crippen LogP contribution in [0.2, 0.25) is 0 Å². The number of carbonyl (C=O) groups is 1. The van der Waals surface area contributed by atoms with Crippen LogP contribution in [0.5, 0.6) is 5.88 Å². The molecular formula is C14H15N3O2S. The maximum Gasteiger partial charge on any atom is 0.233 e. The predicted octanol–water partition coefficient (Wildman–Crippen LogP) is 1.76. The average molecular weight is 289 g/mol. The van der Waals surface area contributed by atoms with Gasteiger partial charge in [0, 0.05) is 25.2 Å². The summed E-state index contributed by atoms with van der Waals surface area (Å²) in [4.78, 5) is 14.0. The smallest absolute Gasteiger partial charge is 0.233 e. The molecule has 104 valence electrons.